The van der Waals surface area contributed by atoms with Gasteiger partial charge in [-0.2, -0.15) is 5.10 Å². The molecule has 21 heavy (non-hydrogen) atoms. The molecule has 6 nitrogen and oxygen atoms in total. The fourth-order valence-electron chi connectivity index (χ4n) is 3.85. The van der Waals surface area contributed by atoms with Crippen molar-refractivity contribution >= 4 is 0 Å². The summed E-state index contributed by atoms with van der Waals surface area (Å²) in [6.07, 6.45) is 6.14. The summed E-state index contributed by atoms with van der Waals surface area (Å²) in [4.78, 5) is 0. The first kappa shape index (κ1) is 15.0. The fourth-order valence-corrected chi connectivity index (χ4v) is 3.85. The summed E-state index contributed by atoms with van der Waals surface area (Å²) < 4.78 is 13.5. The third-order valence-corrected chi connectivity index (χ3v) is 4.97. The summed E-state index contributed by atoms with van der Waals surface area (Å²) in [5, 5.41) is 4.45. The smallest absolute Gasteiger partial charge is 0.0729 e. The quantitative estimate of drug-likeness (QED) is 0.647. The number of nitrogens with two attached hydrogens (primary N) is 1. The summed E-state index contributed by atoms with van der Waals surface area (Å²) >= 11 is 0. The Morgan fingerprint density at radius 1 is 1.43 bits per heavy atom. The normalized spacial score (nSPS) is 26.9. The fraction of sp³-hybridized carbons (Fsp3) is 0.800. The molecule has 0 aromatic carbocycles. The topological polar surface area (TPSA) is 74.3 Å². The minimum Gasteiger partial charge on any atom is -0.381 e. The largest absolute Gasteiger partial charge is 0.381 e. The lowest BCUT2D eigenvalue weighted by Gasteiger charge is -2.45. The zero-order chi connectivity index (χ0) is 14.9. The van der Waals surface area contributed by atoms with Gasteiger partial charge in [-0.05, 0) is 38.5 Å². The van der Waals surface area contributed by atoms with Crippen LogP contribution in [0, 0.1) is 12.8 Å². The first-order valence-corrected chi connectivity index (χ1v) is 7.81. The second-order valence-corrected chi connectivity index (χ2v) is 6.38. The lowest BCUT2D eigenvalue weighted by atomic mass is 9.76. The molecule has 2 atom stereocenters. The van der Waals surface area contributed by atoms with E-state index >= 15 is 0 Å². The lowest BCUT2D eigenvalue weighted by Crippen LogP contribution is -2.47. The molecule has 2 aliphatic heterocycles. The van der Waals surface area contributed by atoms with Crippen LogP contribution in [0.1, 0.15) is 43.0 Å². The van der Waals surface area contributed by atoms with Crippen molar-refractivity contribution in [3.63, 3.8) is 0 Å². The molecule has 0 radical (unpaired) electrons. The Bertz CT molecular complexity index is 477. The van der Waals surface area contributed by atoms with Crippen molar-refractivity contribution in [2.24, 2.45) is 18.8 Å². The van der Waals surface area contributed by atoms with Gasteiger partial charge >= 0.3 is 0 Å². The van der Waals surface area contributed by atoms with Crippen molar-refractivity contribution in [2.75, 3.05) is 19.8 Å². The van der Waals surface area contributed by atoms with Crippen LogP contribution in [-0.4, -0.2) is 35.2 Å². The molecule has 1 aromatic heterocycles. The van der Waals surface area contributed by atoms with Gasteiger partial charge in [0.25, 0.3) is 0 Å². The summed E-state index contributed by atoms with van der Waals surface area (Å²) in [7, 11) is 1.95. The molecule has 0 aliphatic carbocycles. The Hall–Kier alpha value is -0.950. The summed E-state index contributed by atoms with van der Waals surface area (Å²) in [6, 6.07) is 0.141. The minimum absolute atomic E-state index is 0.00756. The van der Waals surface area contributed by atoms with Gasteiger partial charge in [0.1, 0.15) is 0 Å². The van der Waals surface area contributed by atoms with Crippen molar-refractivity contribution in [1.29, 1.82) is 0 Å². The highest BCUT2D eigenvalue weighted by Gasteiger charge is 2.41. The minimum atomic E-state index is -0.00756. The predicted molar refractivity (Wildman–Crippen MR) is 79.5 cm³/mol. The molecule has 3 N–H and O–H groups in total. The summed E-state index contributed by atoms with van der Waals surface area (Å²) in [6.45, 7) is 4.46. The Balaban J connectivity index is 1.78. The van der Waals surface area contributed by atoms with E-state index in [0.717, 1.165) is 51.2 Å². The van der Waals surface area contributed by atoms with Gasteiger partial charge < -0.3 is 9.47 Å². The third-order valence-electron chi connectivity index (χ3n) is 4.97. The van der Waals surface area contributed by atoms with Crippen molar-refractivity contribution in [1.82, 2.24) is 15.2 Å². The van der Waals surface area contributed by atoms with Crippen molar-refractivity contribution < 1.29 is 9.47 Å². The number of aromatic nitrogens is 2. The van der Waals surface area contributed by atoms with Gasteiger partial charge in [0.2, 0.25) is 0 Å². The number of rotatable bonds is 3. The van der Waals surface area contributed by atoms with Crippen LogP contribution >= 0.6 is 0 Å². The van der Waals surface area contributed by atoms with E-state index in [2.05, 4.69) is 16.7 Å². The summed E-state index contributed by atoms with van der Waals surface area (Å²) in [5.74, 6) is 6.36. The van der Waals surface area contributed by atoms with E-state index in [4.69, 9.17) is 15.3 Å². The number of hydrogen-bond donors (Lipinski definition) is 2. The second-order valence-electron chi connectivity index (χ2n) is 6.38. The van der Waals surface area contributed by atoms with Crippen LogP contribution in [0.25, 0.3) is 0 Å². The van der Waals surface area contributed by atoms with E-state index in [-0.39, 0.29) is 11.6 Å². The maximum Gasteiger partial charge on any atom is 0.0729 e. The van der Waals surface area contributed by atoms with Gasteiger partial charge in [0, 0.05) is 38.6 Å². The molecule has 1 spiro atoms. The molecule has 3 rings (SSSR count). The van der Waals surface area contributed by atoms with Crippen LogP contribution in [-0.2, 0) is 16.5 Å². The molecule has 0 amide bonds. The van der Waals surface area contributed by atoms with E-state index in [1.165, 1.54) is 5.56 Å². The van der Waals surface area contributed by atoms with Crippen LogP contribution < -0.4 is 11.3 Å². The number of nitrogens with zero attached hydrogens (tertiary/aromatic N) is 2. The molecule has 2 saturated heterocycles. The maximum absolute atomic E-state index is 6.13. The monoisotopic (exact) mass is 294 g/mol. The third kappa shape index (κ3) is 2.99. The number of ether oxygens (including phenoxy) is 2. The summed E-state index contributed by atoms with van der Waals surface area (Å²) in [5.41, 5.74) is 5.27. The van der Waals surface area contributed by atoms with Crippen LogP contribution in [0.15, 0.2) is 6.20 Å². The first-order valence-electron chi connectivity index (χ1n) is 7.81. The Kier molecular flexibility index (Phi) is 4.31. The molecule has 0 saturated carbocycles. The van der Waals surface area contributed by atoms with Crippen molar-refractivity contribution in [2.45, 2.75) is 44.2 Å². The van der Waals surface area contributed by atoms with E-state index < -0.39 is 0 Å². The molecule has 118 valence electrons. The zero-order valence-corrected chi connectivity index (χ0v) is 13.0. The Labute approximate surface area is 125 Å². The Morgan fingerprint density at radius 3 is 2.81 bits per heavy atom. The highest BCUT2D eigenvalue weighted by Crippen LogP contribution is 2.41. The molecule has 1 aromatic rings. The molecule has 6 heteroatoms. The number of hydrazine groups is 1. The standard InChI is InChI=1S/C15H26N4O2/c1-11-13(10-19(2)18-11)14(17-16)12-3-6-21-15(9-12)4-7-20-8-5-15/h10,12,14,17H,3-9,16H2,1-2H3. The van der Waals surface area contributed by atoms with Crippen LogP contribution in [0.5, 0.6) is 0 Å². The van der Waals surface area contributed by atoms with Crippen LogP contribution in [0.3, 0.4) is 0 Å². The van der Waals surface area contributed by atoms with E-state index in [0.29, 0.717) is 5.92 Å². The van der Waals surface area contributed by atoms with E-state index in [1.54, 1.807) is 0 Å². The molecular weight excluding hydrogens is 268 g/mol. The zero-order valence-electron chi connectivity index (χ0n) is 13.0. The molecule has 2 aliphatic rings. The number of nitrogens with one attached hydrogen (secondary N) is 1. The van der Waals surface area contributed by atoms with Gasteiger partial charge in [-0.15, -0.1) is 0 Å². The van der Waals surface area contributed by atoms with Gasteiger partial charge in [-0.3, -0.25) is 16.0 Å². The highest BCUT2D eigenvalue weighted by molar-refractivity contribution is 5.21. The van der Waals surface area contributed by atoms with Crippen LogP contribution in [0.4, 0.5) is 0 Å². The molecule has 2 fully saturated rings. The number of hydrogen-bond acceptors (Lipinski definition) is 5. The number of aryl methyl sites for hydroxylation is 2. The molecule has 3 heterocycles. The molecule has 0 bridgehead atoms. The van der Waals surface area contributed by atoms with Gasteiger partial charge in [0.15, 0.2) is 0 Å². The van der Waals surface area contributed by atoms with Gasteiger partial charge in [-0.1, -0.05) is 0 Å². The molecular formula is C15H26N4O2. The average Bonchev–Trinajstić information content (AvgIpc) is 2.80. The van der Waals surface area contributed by atoms with Gasteiger partial charge in [0.05, 0.1) is 17.3 Å². The molecule has 2 unspecified atom stereocenters. The highest BCUT2D eigenvalue weighted by atomic mass is 16.5. The second kappa shape index (κ2) is 6.04. The maximum atomic E-state index is 6.13. The van der Waals surface area contributed by atoms with E-state index in [9.17, 15) is 0 Å². The lowest BCUT2D eigenvalue weighted by molar-refractivity contribution is -0.150. The average molecular weight is 294 g/mol. The van der Waals surface area contributed by atoms with Crippen molar-refractivity contribution in [3.8, 4) is 0 Å². The van der Waals surface area contributed by atoms with Crippen molar-refractivity contribution in [3.05, 3.63) is 17.5 Å². The predicted octanol–water partition coefficient (Wildman–Crippen LogP) is 1.21. The Morgan fingerprint density at radius 2 is 2.19 bits per heavy atom. The SMILES string of the molecule is Cc1nn(C)cc1C(NN)C1CCOC2(CCOCC2)C1. The van der Waals surface area contributed by atoms with E-state index in [1.807, 2.05) is 18.7 Å². The first-order chi connectivity index (χ1) is 10.1. The van der Waals surface area contributed by atoms with Gasteiger partial charge in [-0.25, -0.2) is 0 Å². The van der Waals surface area contributed by atoms with Crippen LogP contribution in [0.2, 0.25) is 0 Å².